The first kappa shape index (κ1) is 15.3. The van der Waals surface area contributed by atoms with Crippen molar-refractivity contribution in [1.82, 2.24) is 4.98 Å². The Kier molecular flexibility index (Phi) is 4.14. The standard InChI is InChI=1S/C12H12N2O5S2/c1-7-6-9(20-10(7)12(15)16)21(17,18)14-8-4-3-5-13-11(8)19-2/h3-6,14H,1-2H3,(H,15,16). The van der Waals surface area contributed by atoms with Crippen molar-refractivity contribution >= 4 is 33.0 Å². The second-order valence-corrected chi connectivity index (χ2v) is 7.01. The van der Waals surface area contributed by atoms with Gasteiger partial charge in [0.15, 0.2) is 0 Å². The van der Waals surface area contributed by atoms with Crippen LogP contribution in [0.5, 0.6) is 5.88 Å². The lowest BCUT2D eigenvalue weighted by Crippen LogP contribution is -2.12. The Morgan fingerprint density at radius 1 is 1.48 bits per heavy atom. The maximum atomic E-state index is 12.3. The molecule has 9 heteroatoms. The molecule has 0 fully saturated rings. The van der Waals surface area contributed by atoms with Crippen LogP contribution in [-0.4, -0.2) is 31.6 Å². The molecule has 112 valence electrons. The Hall–Kier alpha value is -2.13. The molecule has 2 aromatic heterocycles. The number of aromatic carboxylic acids is 1. The number of thiophene rings is 1. The number of carbonyl (C=O) groups is 1. The molecule has 2 heterocycles. The molecule has 0 bridgehead atoms. The van der Waals surface area contributed by atoms with E-state index in [1.165, 1.54) is 25.4 Å². The quantitative estimate of drug-likeness (QED) is 0.869. The van der Waals surface area contributed by atoms with Crippen LogP contribution >= 0.6 is 11.3 Å². The summed E-state index contributed by atoms with van der Waals surface area (Å²) in [6.45, 7) is 1.55. The summed E-state index contributed by atoms with van der Waals surface area (Å²) < 4.78 is 31.8. The smallest absolute Gasteiger partial charge is 0.346 e. The molecular formula is C12H12N2O5S2. The first-order valence-electron chi connectivity index (χ1n) is 5.70. The SMILES string of the molecule is COc1ncccc1NS(=O)(=O)c1cc(C)c(C(=O)O)s1. The molecule has 0 aromatic carbocycles. The number of methoxy groups -OCH3 is 1. The lowest BCUT2D eigenvalue weighted by atomic mass is 10.3. The Bertz CT molecular complexity index is 783. The molecule has 0 saturated carbocycles. The number of carboxylic acids is 1. The molecule has 0 atom stereocenters. The van der Waals surface area contributed by atoms with E-state index in [1.54, 1.807) is 13.0 Å². The molecule has 0 spiro atoms. The van der Waals surface area contributed by atoms with E-state index >= 15 is 0 Å². The number of hydrogen-bond acceptors (Lipinski definition) is 6. The lowest BCUT2D eigenvalue weighted by molar-refractivity contribution is 0.0701. The molecular weight excluding hydrogens is 316 g/mol. The fourth-order valence-electron chi connectivity index (χ4n) is 1.62. The largest absolute Gasteiger partial charge is 0.480 e. The zero-order chi connectivity index (χ0) is 15.6. The highest BCUT2D eigenvalue weighted by atomic mass is 32.2. The van der Waals surface area contributed by atoms with Gasteiger partial charge in [-0.2, -0.15) is 0 Å². The third-order valence-electron chi connectivity index (χ3n) is 2.56. The molecule has 0 radical (unpaired) electrons. The number of hydrogen-bond donors (Lipinski definition) is 2. The predicted octanol–water partition coefficient (Wildman–Crippen LogP) is 1.96. The van der Waals surface area contributed by atoms with Crippen molar-refractivity contribution in [3.05, 3.63) is 34.8 Å². The Morgan fingerprint density at radius 3 is 2.76 bits per heavy atom. The summed E-state index contributed by atoms with van der Waals surface area (Å²) in [5.41, 5.74) is 0.578. The van der Waals surface area contributed by atoms with Gasteiger partial charge in [0, 0.05) is 6.20 Å². The van der Waals surface area contributed by atoms with Crippen LogP contribution in [0.3, 0.4) is 0 Å². The maximum Gasteiger partial charge on any atom is 0.346 e. The van der Waals surface area contributed by atoms with Gasteiger partial charge in [-0.3, -0.25) is 4.72 Å². The summed E-state index contributed by atoms with van der Waals surface area (Å²) in [4.78, 5) is 14.9. The Labute approximate surface area is 125 Å². The van der Waals surface area contributed by atoms with Gasteiger partial charge in [-0.1, -0.05) is 0 Å². The minimum absolute atomic E-state index is 0.00599. The highest BCUT2D eigenvalue weighted by Crippen LogP contribution is 2.29. The number of pyridine rings is 1. The van der Waals surface area contributed by atoms with Crippen LogP contribution in [0.1, 0.15) is 15.2 Å². The highest BCUT2D eigenvalue weighted by Gasteiger charge is 2.23. The molecule has 0 aliphatic heterocycles. The third kappa shape index (κ3) is 3.14. The van der Waals surface area contributed by atoms with Gasteiger partial charge in [0.25, 0.3) is 10.0 Å². The van der Waals surface area contributed by atoms with Crippen molar-refractivity contribution < 1.29 is 23.1 Å². The average molecular weight is 328 g/mol. The number of rotatable bonds is 5. The molecule has 0 aliphatic carbocycles. The van der Waals surface area contributed by atoms with Crippen LogP contribution in [0.15, 0.2) is 28.6 Å². The number of aryl methyl sites for hydroxylation is 1. The van der Waals surface area contributed by atoms with E-state index in [1.807, 2.05) is 0 Å². The number of nitrogens with one attached hydrogen (secondary N) is 1. The fourth-order valence-corrected chi connectivity index (χ4v) is 4.06. The lowest BCUT2D eigenvalue weighted by Gasteiger charge is -2.09. The second-order valence-electron chi connectivity index (χ2n) is 4.05. The van der Waals surface area contributed by atoms with Gasteiger partial charge in [-0.25, -0.2) is 18.2 Å². The number of aromatic nitrogens is 1. The van der Waals surface area contributed by atoms with E-state index in [2.05, 4.69) is 9.71 Å². The summed E-state index contributed by atoms with van der Waals surface area (Å²) >= 11 is 0.696. The second kappa shape index (κ2) is 5.70. The molecule has 0 amide bonds. The van der Waals surface area contributed by atoms with Gasteiger partial charge >= 0.3 is 5.97 Å². The van der Waals surface area contributed by atoms with Gasteiger partial charge < -0.3 is 9.84 Å². The minimum Gasteiger partial charge on any atom is -0.480 e. The van der Waals surface area contributed by atoms with E-state index in [9.17, 15) is 13.2 Å². The molecule has 0 saturated heterocycles. The summed E-state index contributed by atoms with van der Waals surface area (Å²) in [6.07, 6.45) is 1.47. The van der Waals surface area contributed by atoms with Crippen LogP contribution in [0.2, 0.25) is 0 Å². The molecule has 0 unspecified atom stereocenters. The third-order valence-corrected chi connectivity index (χ3v) is 5.63. The van der Waals surface area contributed by atoms with Crippen LogP contribution < -0.4 is 9.46 Å². The van der Waals surface area contributed by atoms with Crippen LogP contribution in [0, 0.1) is 6.92 Å². The molecule has 2 N–H and O–H groups in total. The zero-order valence-corrected chi connectivity index (χ0v) is 12.8. The first-order chi connectivity index (χ1) is 9.85. The van der Waals surface area contributed by atoms with Crippen molar-refractivity contribution in [2.24, 2.45) is 0 Å². The van der Waals surface area contributed by atoms with Crippen molar-refractivity contribution in [1.29, 1.82) is 0 Å². The molecule has 7 nitrogen and oxygen atoms in total. The highest BCUT2D eigenvalue weighted by molar-refractivity contribution is 7.94. The Balaban J connectivity index is 2.39. The van der Waals surface area contributed by atoms with Crippen molar-refractivity contribution in [3.63, 3.8) is 0 Å². The monoisotopic (exact) mass is 328 g/mol. The summed E-state index contributed by atoms with van der Waals surface area (Å²) in [5, 5.41) is 8.98. The zero-order valence-electron chi connectivity index (χ0n) is 11.2. The van der Waals surface area contributed by atoms with E-state index < -0.39 is 16.0 Å². The maximum absolute atomic E-state index is 12.3. The predicted molar refractivity (Wildman–Crippen MR) is 77.6 cm³/mol. The number of anilines is 1. The number of ether oxygens (including phenoxy) is 1. The first-order valence-corrected chi connectivity index (χ1v) is 8.00. The van der Waals surface area contributed by atoms with Gasteiger partial charge in [0.05, 0.1) is 7.11 Å². The topological polar surface area (TPSA) is 106 Å². The van der Waals surface area contributed by atoms with E-state index in [-0.39, 0.29) is 20.7 Å². The van der Waals surface area contributed by atoms with E-state index in [4.69, 9.17) is 9.84 Å². The summed E-state index contributed by atoms with van der Waals surface area (Å²) in [5.74, 6) is -1.02. The molecule has 2 rings (SSSR count). The molecule has 2 aromatic rings. The molecule has 21 heavy (non-hydrogen) atoms. The fraction of sp³-hybridized carbons (Fsp3) is 0.167. The van der Waals surface area contributed by atoms with Crippen molar-refractivity contribution in [2.45, 2.75) is 11.1 Å². The van der Waals surface area contributed by atoms with Gasteiger partial charge in [-0.15, -0.1) is 11.3 Å². The van der Waals surface area contributed by atoms with Crippen LogP contribution in [-0.2, 0) is 10.0 Å². The van der Waals surface area contributed by atoms with Crippen LogP contribution in [0.25, 0.3) is 0 Å². The number of nitrogens with zero attached hydrogens (tertiary/aromatic N) is 1. The van der Waals surface area contributed by atoms with Crippen LogP contribution in [0.4, 0.5) is 5.69 Å². The average Bonchev–Trinajstić information content (AvgIpc) is 2.82. The van der Waals surface area contributed by atoms with Crippen molar-refractivity contribution in [3.8, 4) is 5.88 Å². The summed E-state index contributed by atoms with van der Waals surface area (Å²) in [6, 6.07) is 4.38. The number of sulfonamides is 1. The van der Waals surface area contributed by atoms with E-state index in [0.717, 1.165) is 0 Å². The number of carboxylic acid groups (broad SMARTS) is 1. The Morgan fingerprint density at radius 2 is 2.19 bits per heavy atom. The minimum atomic E-state index is -3.90. The van der Waals surface area contributed by atoms with Gasteiger partial charge in [0.2, 0.25) is 5.88 Å². The molecule has 0 aliphatic rings. The van der Waals surface area contributed by atoms with Crippen molar-refractivity contribution in [2.75, 3.05) is 11.8 Å². The van der Waals surface area contributed by atoms with Gasteiger partial charge in [-0.05, 0) is 30.7 Å². The van der Waals surface area contributed by atoms with Gasteiger partial charge in [0.1, 0.15) is 14.8 Å². The summed E-state index contributed by atoms with van der Waals surface area (Å²) in [7, 11) is -2.52. The van der Waals surface area contributed by atoms with E-state index in [0.29, 0.717) is 16.9 Å². The normalized spacial score (nSPS) is 11.1.